The number of carbonyl (C=O) groups is 1. The molecule has 0 radical (unpaired) electrons. The van der Waals surface area contributed by atoms with E-state index in [1.54, 1.807) is 18.2 Å². The molecule has 4 nitrogen and oxygen atoms in total. The van der Waals surface area contributed by atoms with Crippen molar-refractivity contribution in [3.8, 4) is 11.1 Å². The summed E-state index contributed by atoms with van der Waals surface area (Å²) in [5, 5.41) is 0. The molecule has 0 saturated heterocycles. The molecule has 24 heavy (non-hydrogen) atoms. The van der Waals surface area contributed by atoms with Gasteiger partial charge < -0.3 is 14.4 Å². The largest absolute Gasteiger partial charge is 0.464 e. The summed E-state index contributed by atoms with van der Waals surface area (Å²) in [6.45, 7) is 0. The monoisotopic (exact) mass is 342 g/mol. The molecule has 0 aliphatic rings. The summed E-state index contributed by atoms with van der Waals surface area (Å²) in [6, 6.07) is 17.6. The number of rotatable bonds is 5. The van der Waals surface area contributed by atoms with Crippen molar-refractivity contribution in [1.29, 1.82) is 0 Å². The molecule has 1 heterocycles. The minimum atomic E-state index is -0.480. The third kappa shape index (κ3) is 3.60. The minimum Gasteiger partial charge on any atom is -0.464 e. The highest BCUT2D eigenvalue weighted by atomic mass is 32.2. The van der Waals surface area contributed by atoms with Gasteiger partial charge in [0.05, 0.1) is 7.11 Å². The van der Waals surface area contributed by atoms with Gasteiger partial charge in [-0.05, 0) is 47.8 Å². The number of carbonyl (C=O) groups excluding carboxylic acids is 1. The molecule has 0 bridgehead atoms. The van der Waals surface area contributed by atoms with Crippen LogP contribution in [0.1, 0.15) is 10.5 Å². The molecule has 0 atom stereocenters. The van der Waals surface area contributed by atoms with Crippen LogP contribution >= 0.6 is 11.9 Å². The van der Waals surface area contributed by atoms with Gasteiger partial charge in [0, 0.05) is 10.5 Å². The third-order valence-corrected chi connectivity index (χ3v) is 4.21. The molecule has 6 heteroatoms. The van der Waals surface area contributed by atoms with Gasteiger partial charge in [-0.1, -0.05) is 30.3 Å². The van der Waals surface area contributed by atoms with E-state index in [0.29, 0.717) is 17.1 Å². The van der Waals surface area contributed by atoms with Gasteiger partial charge in [-0.2, -0.15) is 0 Å². The lowest BCUT2D eigenvalue weighted by molar-refractivity contribution is 0.0596. The van der Waals surface area contributed by atoms with E-state index in [9.17, 15) is 9.18 Å². The number of aromatic nitrogens is 1. The first-order valence-corrected chi connectivity index (χ1v) is 8.04. The van der Waals surface area contributed by atoms with Gasteiger partial charge in [0.1, 0.15) is 17.3 Å². The van der Waals surface area contributed by atoms with Crippen molar-refractivity contribution in [2.45, 2.75) is 4.90 Å². The number of esters is 1. The average Bonchev–Trinajstić information content (AvgIpc) is 3.05. The van der Waals surface area contributed by atoms with E-state index < -0.39 is 5.97 Å². The van der Waals surface area contributed by atoms with E-state index in [0.717, 1.165) is 10.5 Å². The lowest BCUT2D eigenvalue weighted by atomic mass is 10.1. The second-order valence-corrected chi connectivity index (χ2v) is 5.87. The van der Waals surface area contributed by atoms with Gasteiger partial charge in [-0.25, -0.2) is 9.18 Å². The number of nitrogens with one attached hydrogen (secondary N) is 2. The molecule has 2 N–H and O–H groups in total. The minimum absolute atomic E-state index is 0.320. The number of H-pyrrole nitrogens is 1. The van der Waals surface area contributed by atoms with Gasteiger partial charge in [-0.3, -0.25) is 0 Å². The first-order valence-electron chi connectivity index (χ1n) is 7.22. The first-order chi connectivity index (χ1) is 11.7. The lowest BCUT2D eigenvalue weighted by Gasteiger charge is -2.02. The van der Waals surface area contributed by atoms with Crippen LogP contribution in [-0.4, -0.2) is 18.1 Å². The maximum absolute atomic E-state index is 13.1. The fourth-order valence-corrected chi connectivity index (χ4v) is 2.86. The maximum atomic E-state index is 13.1. The number of benzene rings is 2. The fourth-order valence-electron chi connectivity index (χ4n) is 2.23. The molecule has 0 amide bonds. The quantitative estimate of drug-likeness (QED) is 0.520. The second kappa shape index (κ2) is 7.23. The Labute approximate surface area is 143 Å². The van der Waals surface area contributed by atoms with E-state index in [-0.39, 0.29) is 5.82 Å². The van der Waals surface area contributed by atoms with E-state index in [1.807, 2.05) is 30.3 Å². The Morgan fingerprint density at radius 1 is 1.12 bits per heavy atom. The average molecular weight is 342 g/mol. The van der Waals surface area contributed by atoms with Crippen LogP contribution in [0.5, 0.6) is 0 Å². The van der Waals surface area contributed by atoms with Gasteiger partial charge in [-0.15, -0.1) is 0 Å². The molecule has 0 fully saturated rings. The fraction of sp³-hybridized carbons (Fsp3) is 0.0556. The van der Waals surface area contributed by atoms with Crippen LogP contribution in [0.25, 0.3) is 11.1 Å². The molecule has 1 aromatic heterocycles. The number of aromatic amines is 1. The molecule has 0 unspecified atom stereocenters. The van der Waals surface area contributed by atoms with Crippen molar-refractivity contribution in [2.24, 2.45) is 0 Å². The van der Waals surface area contributed by atoms with Crippen LogP contribution in [0.2, 0.25) is 0 Å². The zero-order chi connectivity index (χ0) is 16.9. The Bertz CT molecular complexity index is 832. The highest BCUT2D eigenvalue weighted by Gasteiger charge is 2.17. The number of hydrogen-bond donors (Lipinski definition) is 2. The predicted octanol–water partition coefficient (Wildman–Crippen LogP) is 4.73. The summed E-state index contributed by atoms with van der Waals surface area (Å²) in [4.78, 5) is 16.1. The van der Waals surface area contributed by atoms with Crippen molar-refractivity contribution < 1.29 is 13.9 Å². The summed E-state index contributed by atoms with van der Waals surface area (Å²) < 4.78 is 21.1. The number of anilines is 1. The lowest BCUT2D eigenvalue weighted by Crippen LogP contribution is -2.03. The number of ether oxygens (including phenoxy) is 1. The molecular formula is C18H15FN2O2S. The van der Waals surface area contributed by atoms with Crippen LogP contribution in [0.4, 0.5) is 10.2 Å². The summed E-state index contributed by atoms with van der Waals surface area (Å²) in [6.07, 6.45) is 0. The van der Waals surface area contributed by atoms with E-state index in [2.05, 4.69) is 9.71 Å². The molecule has 2 aromatic carbocycles. The Kier molecular flexibility index (Phi) is 4.86. The summed E-state index contributed by atoms with van der Waals surface area (Å²) in [5.41, 5.74) is 1.70. The van der Waals surface area contributed by atoms with Gasteiger partial charge in [0.2, 0.25) is 0 Å². The zero-order valence-electron chi connectivity index (χ0n) is 12.9. The van der Waals surface area contributed by atoms with E-state index in [4.69, 9.17) is 4.74 Å². The van der Waals surface area contributed by atoms with E-state index >= 15 is 0 Å². The number of hydrogen-bond acceptors (Lipinski definition) is 4. The number of halogens is 1. The van der Waals surface area contributed by atoms with Crippen molar-refractivity contribution in [3.63, 3.8) is 0 Å². The molecule has 3 rings (SSSR count). The summed E-state index contributed by atoms with van der Waals surface area (Å²) in [7, 11) is 1.32. The standard InChI is InChI=1S/C18H15FN2O2S/c1-23-18(22)17-15(12-7-9-13(19)10-8-12)11-16(20-17)21-24-14-5-3-2-4-6-14/h2-11,20-21H,1H3. The number of methoxy groups -OCH3 is 1. The van der Waals surface area contributed by atoms with Crippen molar-refractivity contribution in [3.05, 3.63) is 72.2 Å². The summed E-state index contributed by atoms with van der Waals surface area (Å²) >= 11 is 1.42. The van der Waals surface area contributed by atoms with Crippen LogP contribution in [-0.2, 0) is 4.74 Å². The highest BCUT2D eigenvalue weighted by molar-refractivity contribution is 8.00. The van der Waals surface area contributed by atoms with Crippen LogP contribution in [0, 0.1) is 5.82 Å². The predicted molar refractivity (Wildman–Crippen MR) is 93.4 cm³/mol. The Balaban J connectivity index is 1.88. The molecule has 0 saturated carbocycles. The zero-order valence-corrected chi connectivity index (χ0v) is 13.7. The molecule has 0 spiro atoms. The Hall–Kier alpha value is -2.73. The smallest absolute Gasteiger partial charge is 0.355 e. The second-order valence-electron chi connectivity index (χ2n) is 4.99. The van der Waals surface area contributed by atoms with Crippen molar-refractivity contribution in [2.75, 3.05) is 11.8 Å². The molecule has 0 aliphatic carbocycles. The SMILES string of the molecule is COC(=O)c1[nH]c(NSc2ccccc2)cc1-c1ccc(F)cc1. The summed E-state index contributed by atoms with van der Waals surface area (Å²) in [5.74, 6) is -0.150. The van der Waals surface area contributed by atoms with Crippen LogP contribution < -0.4 is 4.72 Å². The van der Waals surface area contributed by atoms with Crippen molar-refractivity contribution in [1.82, 2.24) is 4.98 Å². The topological polar surface area (TPSA) is 54.1 Å². The maximum Gasteiger partial charge on any atom is 0.355 e. The van der Waals surface area contributed by atoms with E-state index in [1.165, 1.54) is 31.2 Å². The third-order valence-electron chi connectivity index (χ3n) is 3.38. The first kappa shape index (κ1) is 16.1. The molecule has 3 aromatic rings. The highest BCUT2D eigenvalue weighted by Crippen LogP contribution is 2.30. The molecular weight excluding hydrogens is 327 g/mol. The van der Waals surface area contributed by atoms with Gasteiger partial charge >= 0.3 is 5.97 Å². The van der Waals surface area contributed by atoms with Gasteiger partial charge in [0.25, 0.3) is 0 Å². The Morgan fingerprint density at radius 3 is 2.50 bits per heavy atom. The van der Waals surface area contributed by atoms with Crippen LogP contribution in [0.15, 0.2) is 65.6 Å². The van der Waals surface area contributed by atoms with Crippen LogP contribution in [0.3, 0.4) is 0 Å². The Morgan fingerprint density at radius 2 is 1.83 bits per heavy atom. The normalized spacial score (nSPS) is 10.4. The molecule has 122 valence electrons. The van der Waals surface area contributed by atoms with Gasteiger partial charge in [0.15, 0.2) is 0 Å². The van der Waals surface area contributed by atoms with Crippen molar-refractivity contribution >= 4 is 23.7 Å². The molecule has 0 aliphatic heterocycles.